The first kappa shape index (κ1) is 15.3. The van der Waals surface area contributed by atoms with Crippen LogP contribution in [0.1, 0.15) is 29.8 Å². The summed E-state index contributed by atoms with van der Waals surface area (Å²) in [6.45, 7) is 2.05. The van der Waals surface area contributed by atoms with Crippen LogP contribution in [0.25, 0.3) is 6.08 Å². The topological polar surface area (TPSA) is 38.3 Å². The molecule has 1 atom stereocenters. The van der Waals surface area contributed by atoms with E-state index in [1.54, 1.807) is 24.5 Å². The summed E-state index contributed by atoms with van der Waals surface area (Å²) in [5, 5.41) is 5.01. The van der Waals surface area contributed by atoms with E-state index in [-0.39, 0.29) is 11.9 Å². The van der Waals surface area contributed by atoms with E-state index in [0.717, 1.165) is 22.6 Å². The lowest BCUT2D eigenvalue weighted by atomic mass is 10.0. The highest BCUT2D eigenvalue weighted by Crippen LogP contribution is 2.20. The van der Waals surface area contributed by atoms with Crippen LogP contribution in [0.5, 0.6) is 5.75 Å². The van der Waals surface area contributed by atoms with Crippen molar-refractivity contribution < 1.29 is 9.53 Å². The number of nitrogens with one attached hydrogen (secondary N) is 1. The van der Waals surface area contributed by atoms with Crippen molar-refractivity contribution in [2.45, 2.75) is 19.4 Å². The molecule has 2 aromatic rings. The Hall–Kier alpha value is -2.07. The fraction of sp³-hybridized carbons (Fsp3) is 0.235. The van der Waals surface area contributed by atoms with Crippen LogP contribution < -0.4 is 10.1 Å². The second kappa shape index (κ2) is 7.64. The summed E-state index contributed by atoms with van der Waals surface area (Å²) in [5.74, 6) is 0.739. The molecule has 0 fully saturated rings. The highest BCUT2D eigenvalue weighted by atomic mass is 32.1. The van der Waals surface area contributed by atoms with Gasteiger partial charge < -0.3 is 10.1 Å². The molecule has 0 aliphatic heterocycles. The number of benzene rings is 1. The van der Waals surface area contributed by atoms with Gasteiger partial charge in [0.2, 0.25) is 5.91 Å². The maximum Gasteiger partial charge on any atom is 0.244 e. The van der Waals surface area contributed by atoms with Gasteiger partial charge in [-0.15, -0.1) is 11.3 Å². The number of methoxy groups -OCH3 is 1. The Bertz CT molecular complexity index is 588. The van der Waals surface area contributed by atoms with Gasteiger partial charge in [-0.3, -0.25) is 4.79 Å². The van der Waals surface area contributed by atoms with Crippen molar-refractivity contribution in [2.24, 2.45) is 0 Å². The summed E-state index contributed by atoms with van der Waals surface area (Å²) < 4.78 is 5.15. The Morgan fingerprint density at radius 1 is 1.33 bits per heavy atom. The zero-order valence-electron chi connectivity index (χ0n) is 12.2. The van der Waals surface area contributed by atoms with Gasteiger partial charge in [0.05, 0.1) is 13.2 Å². The summed E-state index contributed by atoms with van der Waals surface area (Å²) in [6, 6.07) is 11.7. The lowest BCUT2D eigenvalue weighted by molar-refractivity contribution is -0.117. The number of rotatable bonds is 6. The van der Waals surface area contributed by atoms with E-state index in [9.17, 15) is 4.79 Å². The maximum atomic E-state index is 12.0. The normalized spacial score (nSPS) is 12.3. The van der Waals surface area contributed by atoms with Crippen LogP contribution in [0.15, 0.2) is 47.9 Å². The molecule has 0 aliphatic rings. The van der Waals surface area contributed by atoms with Crippen molar-refractivity contribution in [3.63, 3.8) is 0 Å². The first-order valence-corrected chi connectivity index (χ1v) is 7.77. The van der Waals surface area contributed by atoms with Crippen molar-refractivity contribution in [1.82, 2.24) is 5.32 Å². The summed E-state index contributed by atoms with van der Waals surface area (Å²) in [4.78, 5) is 13.1. The Kier molecular flexibility index (Phi) is 5.58. The molecule has 4 heteroatoms. The molecule has 0 saturated carbocycles. The van der Waals surface area contributed by atoms with Gasteiger partial charge in [0, 0.05) is 11.0 Å². The van der Waals surface area contributed by atoms with E-state index in [0.29, 0.717) is 0 Å². The molecule has 0 radical (unpaired) electrons. The van der Waals surface area contributed by atoms with E-state index in [1.807, 2.05) is 47.9 Å². The van der Waals surface area contributed by atoms with Gasteiger partial charge in [0.1, 0.15) is 5.75 Å². The fourth-order valence-electron chi connectivity index (χ4n) is 2.02. The summed E-state index contributed by atoms with van der Waals surface area (Å²) in [5.41, 5.74) is 1.08. The molecule has 1 heterocycles. The summed E-state index contributed by atoms with van der Waals surface area (Å²) in [7, 11) is 1.64. The zero-order chi connectivity index (χ0) is 15.1. The van der Waals surface area contributed by atoms with Crippen molar-refractivity contribution in [1.29, 1.82) is 0 Å². The third kappa shape index (κ3) is 4.46. The smallest absolute Gasteiger partial charge is 0.244 e. The second-order valence-corrected chi connectivity index (χ2v) is 5.57. The van der Waals surface area contributed by atoms with Crippen molar-refractivity contribution >= 4 is 23.3 Å². The summed E-state index contributed by atoms with van der Waals surface area (Å²) >= 11 is 1.61. The fourth-order valence-corrected chi connectivity index (χ4v) is 2.64. The molecule has 0 unspecified atom stereocenters. The highest BCUT2D eigenvalue weighted by molar-refractivity contribution is 7.10. The molecule has 0 bridgehead atoms. The standard InChI is InChI=1S/C17H19NO2S/c1-3-16(13-6-8-14(20-2)9-7-13)18-17(19)11-10-15-5-4-12-21-15/h4-12,16H,3H2,1-2H3,(H,18,19)/b11-10+/t16-/m1/s1. The molecule has 1 N–H and O–H groups in total. The SMILES string of the molecule is CC[C@@H](NC(=O)/C=C/c1cccs1)c1ccc(OC)cc1. The lowest BCUT2D eigenvalue weighted by Gasteiger charge is -2.16. The van der Waals surface area contributed by atoms with Crippen LogP contribution in [-0.2, 0) is 4.79 Å². The average molecular weight is 301 g/mol. The van der Waals surface area contributed by atoms with Crippen LogP contribution in [0.2, 0.25) is 0 Å². The van der Waals surface area contributed by atoms with Crippen LogP contribution in [0.3, 0.4) is 0 Å². The van der Waals surface area contributed by atoms with E-state index < -0.39 is 0 Å². The van der Waals surface area contributed by atoms with Crippen LogP contribution in [-0.4, -0.2) is 13.0 Å². The van der Waals surface area contributed by atoms with Crippen molar-refractivity contribution in [3.8, 4) is 5.75 Å². The van der Waals surface area contributed by atoms with Crippen LogP contribution >= 0.6 is 11.3 Å². The molecule has 1 amide bonds. The maximum absolute atomic E-state index is 12.0. The molecule has 0 aliphatic carbocycles. The molecule has 2 rings (SSSR count). The number of amides is 1. The Balaban J connectivity index is 1.99. The van der Waals surface area contributed by atoms with E-state index in [1.165, 1.54) is 0 Å². The predicted octanol–water partition coefficient (Wildman–Crippen LogP) is 4.04. The molecule has 0 saturated heterocycles. The minimum atomic E-state index is -0.0777. The monoisotopic (exact) mass is 301 g/mol. The van der Waals surface area contributed by atoms with Gasteiger partial charge in [-0.25, -0.2) is 0 Å². The van der Waals surface area contributed by atoms with Crippen LogP contribution in [0, 0.1) is 0 Å². The highest BCUT2D eigenvalue weighted by Gasteiger charge is 2.11. The third-order valence-corrected chi connectivity index (χ3v) is 4.02. The number of thiophene rings is 1. The van der Waals surface area contributed by atoms with Gasteiger partial charge in [-0.1, -0.05) is 25.1 Å². The molecule has 0 spiro atoms. The molecule has 1 aromatic carbocycles. The number of hydrogen-bond acceptors (Lipinski definition) is 3. The van der Waals surface area contributed by atoms with Crippen molar-refractivity contribution in [3.05, 3.63) is 58.3 Å². The molecular weight excluding hydrogens is 282 g/mol. The number of carbonyl (C=O) groups is 1. The van der Waals surface area contributed by atoms with Gasteiger partial charge in [0.15, 0.2) is 0 Å². The van der Waals surface area contributed by atoms with Gasteiger partial charge in [-0.2, -0.15) is 0 Å². The first-order valence-electron chi connectivity index (χ1n) is 6.89. The molecular formula is C17H19NO2S. The average Bonchev–Trinajstić information content (AvgIpc) is 3.04. The van der Waals surface area contributed by atoms with E-state index >= 15 is 0 Å². The number of hydrogen-bond donors (Lipinski definition) is 1. The van der Waals surface area contributed by atoms with Gasteiger partial charge in [0.25, 0.3) is 0 Å². The first-order chi connectivity index (χ1) is 10.2. The van der Waals surface area contributed by atoms with Crippen LogP contribution in [0.4, 0.5) is 0 Å². The van der Waals surface area contributed by atoms with Gasteiger partial charge >= 0.3 is 0 Å². The quantitative estimate of drug-likeness (QED) is 0.818. The molecule has 3 nitrogen and oxygen atoms in total. The zero-order valence-corrected chi connectivity index (χ0v) is 13.0. The minimum absolute atomic E-state index is 0.0105. The molecule has 21 heavy (non-hydrogen) atoms. The van der Waals surface area contributed by atoms with Gasteiger partial charge in [-0.05, 0) is 41.6 Å². The molecule has 110 valence electrons. The Morgan fingerprint density at radius 3 is 2.67 bits per heavy atom. The Morgan fingerprint density at radius 2 is 2.10 bits per heavy atom. The molecule has 1 aromatic heterocycles. The number of carbonyl (C=O) groups excluding carboxylic acids is 1. The minimum Gasteiger partial charge on any atom is -0.497 e. The largest absolute Gasteiger partial charge is 0.497 e. The Labute approximate surface area is 129 Å². The number of ether oxygens (including phenoxy) is 1. The van der Waals surface area contributed by atoms with E-state index in [4.69, 9.17) is 4.74 Å². The summed E-state index contributed by atoms with van der Waals surface area (Å²) in [6.07, 6.45) is 4.25. The van der Waals surface area contributed by atoms with E-state index in [2.05, 4.69) is 12.2 Å². The lowest BCUT2D eigenvalue weighted by Crippen LogP contribution is -2.26. The second-order valence-electron chi connectivity index (χ2n) is 4.59. The van der Waals surface area contributed by atoms with Crippen molar-refractivity contribution in [2.75, 3.05) is 7.11 Å². The third-order valence-electron chi connectivity index (χ3n) is 3.19. The predicted molar refractivity (Wildman–Crippen MR) is 87.5 cm³/mol.